The highest BCUT2D eigenvalue weighted by atomic mass is 16.6. The van der Waals surface area contributed by atoms with Gasteiger partial charge in [0, 0.05) is 19.3 Å². The highest BCUT2D eigenvalue weighted by Gasteiger charge is 2.19. The van der Waals surface area contributed by atoms with Crippen molar-refractivity contribution in [1.29, 1.82) is 0 Å². The van der Waals surface area contributed by atoms with Crippen molar-refractivity contribution in [2.75, 3.05) is 13.2 Å². The number of rotatable bonds is 57. The Balaban J connectivity index is 4.48. The van der Waals surface area contributed by atoms with Crippen molar-refractivity contribution in [3.63, 3.8) is 0 Å². The van der Waals surface area contributed by atoms with Crippen molar-refractivity contribution in [3.8, 4) is 0 Å². The molecule has 0 radical (unpaired) electrons. The van der Waals surface area contributed by atoms with Gasteiger partial charge in [0.25, 0.3) is 0 Å². The van der Waals surface area contributed by atoms with Gasteiger partial charge in [0.15, 0.2) is 6.10 Å². The Morgan fingerprint density at radius 1 is 0.276 bits per heavy atom. The molecule has 0 heterocycles. The Hall–Kier alpha value is -3.93. The van der Waals surface area contributed by atoms with Crippen LogP contribution in [0.4, 0.5) is 0 Å². The summed E-state index contributed by atoms with van der Waals surface area (Å²) in [4.78, 5) is 38.3. The van der Waals surface area contributed by atoms with Crippen LogP contribution in [0.2, 0.25) is 0 Å². The first-order valence-electron chi connectivity index (χ1n) is 31.9. The zero-order valence-corrected chi connectivity index (χ0v) is 49.7. The van der Waals surface area contributed by atoms with Crippen LogP contribution in [0.25, 0.3) is 0 Å². The van der Waals surface area contributed by atoms with E-state index in [1.165, 1.54) is 148 Å². The standard InChI is InChI=1S/C70H118O6/c1-4-7-10-13-16-19-22-25-28-31-33-34-35-36-37-40-42-45-48-51-54-57-60-63-69(72)75-66-67(65-74-68(71)62-59-56-53-50-47-44-41-38-30-27-24-21-18-15-12-9-6-3)76-70(73)64-61-58-55-52-49-46-43-39-32-29-26-23-20-17-14-11-8-5-2/h7,10,16,18-19,21,25,27-28,30,33-34,36-37,42,45,51,54,67H,4-6,8-9,11-15,17,20,22-24,26,29,31-32,35,38-41,43-44,46-50,52-53,55-66H2,1-3H3/b10-7-,19-16-,21-18-,28-25-,30-27-,34-33-,37-36-,45-42-,54-51-. The lowest BCUT2D eigenvalue weighted by atomic mass is 10.0. The van der Waals surface area contributed by atoms with E-state index in [4.69, 9.17) is 14.2 Å². The Kier molecular flexibility index (Phi) is 60.3. The van der Waals surface area contributed by atoms with Crippen LogP contribution in [0.15, 0.2) is 109 Å². The number of allylic oxidation sites excluding steroid dienone is 18. The molecular formula is C70H118O6. The minimum atomic E-state index is -0.806. The van der Waals surface area contributed by atoms with Crippen molar-refractivity contribution in [2.24, 2.45) is 0 Å². The largest absolute Gasteiger partial charge is 0.462 e. The van der Waals surface area contributed by atoms with Crippen LogP contribution in [0.1, 0.15) is 297 Å². The van der Waals surface area contributed by atoms with E-state index in [9.17, 15) is 14.4 Å². The molecule has 6 nitrogen and oxygen atoms in total. The van der Waals surface area contributed by atoms with Crippen LogP contribution in [-0.2, 0) is 28.6 Å². The summed E-state index contributed by atoms with van der Waals surface area (Å²) >= 11 is 0. The molecule has 0 aliphatic rings. The maximum atomic E-state index is 12.9. The third kappa shape index (κ3) is 60.9. The van der Waals surface area contributed by atoms with Crippen molar-refractivity contribution < 1.29 is 28.6 Å². The van der Waals surface area contributed by atoms with E-state index in [1.807, 2.05) is 0 Å². The summed E-state index contributed by atoms with van der Waals surface area (Å²) in [5, 5.41) is 0. The van der Waals surface area contributed by atoms with Crippen LogP contribution in [0.3, 0.4) is 0 Å². The maximum absolute atomic E-state index is 12.9. The second kappa shape index (κ2) is 63.6. The normalized spacial score (nSPS) is 12.8. The van der Waals surface area contributed by atoms with Crippen LogP contribution in [0, 0.1) is 0 Å². The van der Waals surface area contributed by atoms with Crippen molar-refractivity contribution >= 4 is 17.9 Å². The highest BCUT2D eigenvalue weighted by molar-refractivity contribution is 5.71. The lowest BCUT2D eigenvalue weighted by Crippen LogP contribution is -2.30. The molecule has 0 aliphatic carbocycles. The maximum Gasteiger partial charge on any atom is 0.306 e. The van der Waals surface area contributed by atoms with Gasteiger partial charge in [-0.3, -0.25) is 14.4 Å². The van der Waals surface area contributed by atoms with Gasteiger partial charge in [-0.15, -0.1) is 0 Å². The number of unbranched alkanes of at least 4 members (excludes halogenated alkanes) is 28. The molecule has 0 saturated heterocycles. The first-order valence-corrected chi connectivity index (χ1v) is 31.9. The molecule has 0 rings (SSSR count). The summed E-state index contributed by atoms with van der Waals surface area (Å²) in [7, 11) is 0. The number of ether oxygens (including phenoxy) is 3. The minimum absolute atomic E-state index is 0.0992. The van der Waals surface area contributed by atoms with E-state index < -0.39 is 6.10 Å². The topological polar surface area (TPSA) is 78.9 Å². The predicted molar refractivity (Wildman–Crippen MR) is 330 cm³/mol. The van der Waals surface area contributed by atoms with Gasteiger partial charge in [-0.1, -0.05) is 284 Å². The first kappa shape index (κ1) is 72.1. The fourth-order valence-electron chi connectivity index (χ4n) is 8.76. The van der Waals surface area contributed by atoms with Gasteiger partial charge in [0.1, 0.15) is 13.2 Å². The summed E-state index contributed by atoms with van der Waals surface area (Å²) in [6, 6.07) is 0. The van der Waals surface area contributed by atoms with Crippen molar-refractivity contribution in [2.45, 2.75) is 303 Å². The number of esters is 3. The van der Waals surface area contributed by atoms with Gasteiger partial charge in [-0.05, 0) is 103 Å². The Labute approximate surface area is 470 Å². The second-order valence-electron chi connectivity index (χ2n) is 20.9. The van der Waals surface area contributed by atoms with Gasteiger partial charge < -0.3 is 14.2 Å². The van der Waals surface area contributed by atoms with Gasteiger partial charge in [-0.2, -0.15) is 0 Å². The molecule has 0 aromatic carbocycles. The summed E-state index contributed by atoms with van der Waals surface area (Å²) in [5.74, 6) is -0.958. The van der Waals surface area contributed by atoms with Crippen LogP contribution in [0.5, 0.6) is 0 Å². The molecule has 0 bridgehead atoms. The molecule has 0 amide bonds. The monoisotopic (exact) mass is 1050 g/mol. The van der Waals surface area contributed by atoms with Crippen LogP contribution < -0.4 is 0 Å². The summed E-state index contributed by atoms with van der Waals surface area (Å²) in [6.45, 7) is 6.47. The zero-order chi connectivity index (χ0) is 55.0. The van der Waals surface area contributed by atoms with Gasteiger partial charge in [0.05, 0.1) is 0 Å². The number of hydrogen-bond donors (Lipinski definition) is 0. The van der Waals surface area contributed by atoms with Crippen molar-refractivity contribution in [3.05, 3.63) is 109 Å². The zero-order valence-electron chi connectivity index (χ0n) is 49.7. The fraction of sp³-hybridized carbons (Fsp3) is 0.700. The minimum Gasteiger partial charge on any atom is -0.462 e. The predicted octanol–water partition coefficient (Wildman–Crippen LogP) is 21.8. The molecular weight excluding hydrogens is 937 g/mol. The molecule has 1 unspecified atom stereocenters. The number of carbonyl (C=O) groups is 3. The molecule has 0 fully saturated rings. The van der Waals surface area contributed by atoms with E-state index in [2.05, 4.69) is 130 Å². The van der Waals surface area contributed by atoms with Gasteiger partial charge in [-0.25, -0.2) is 0 Å². The number of hydrogen-bond acceptors (Lipinski definition) is 6. The molecule has 0 aromatic heterocycles. The summed E-state index contributed by atoms with van der Waals surface area (Å²) in [6.07, 6.45) is 86.6. The van der Waals surface area contributed by atoms with E-state index in [1.54, 1.807) is 0 Å². The molecule has 1 atom stereocenters. The third-order valence-electron chi connectivity index (χ3n) is 13.5. The average molecular weight is 1060 g/mol. The molecule has 0 aliphatic heterocycles. The van der Waals surface area contributed by atoms with Gasteiger partial charge >= 0.3 is 17.9 Å². The summed E-state index contributed by atoms with van der Waals surface area (Å²) < 4.78 is 16.9. The smallest absolute Gasteiger partial charge is 0.306 e. The first-order chi connectivity index (χ1) is 37.5. The Morgan fingerprint density at radius 3 is 0.882 bits per heavy atom. The summed E-state index contributed by atoms with van der Waals surface area (Å²) in [5.41, 5.74) is 0. The van der Waals surface area contributed by atoms with Gasteiger partial charge in [0.2, 0.25) is 0 Å². The molecule has 434 valence electrons. The second-order valence-corrected chi connectivity index (χ2v) is 20.9. The molecule has 0 spiro atoms. The molecule has 76 heavy (non-hydrogen) atoms. The van der Waals surface area contributed by atoms with Crippen LogP contribution >= 0.6 is 0 Å². The number of carbonyl (C=O) groups excluding carboxylic acids is 3. The van der Waals surface area contributed by atoms with E-state index in [0.717, 1.165) is 103 Å². The van der Waals surface area contributed by atoms with Crippen molar-refractivity contribution in [1.82, 2.24) is 0 Å². The quantitative estimate of drug-likeness (QED) is 0.0261. The van der Waals surface area contributed by atoms with E-state index >= 15 is 0 Å². The van der Waals surface area contributed by atoms with Crippen LogP contribution in [-0.4, -0.2) is 37.2 Å². The lowest BCUT2D eigenvalue weighted by molar-refractivity contribution is -0.167. The van der Waals surface area contributed by atoms with E-state index in [0.29, 0.717) is 19.3 Å². The Morgan fingerprint density at radius 2 is 0.526 bits per heavy atom. The molecule has 6 heteroatoms. The fourth-order valence-corrected chi connectivity index (χ4v) is 8.76. The SMILES string of the molecule is CC/C=C\C/C=C\C/C=C\C/C=C\C/C=C\C/C=C\C/C=C\CCCC(=O)OCC(COC(=O)CCCCCCCCC/C=C\C/C=C\CCCCC)OC(=O)CCCCCCCCCCCCCCCCCCCC. The molecule has 0 aromatic rings. The average Bonchev–Trinajstić information content (AvgIpc) is 3.42. The molecule has 0 saturated carbocycles. The van der Waals surface area contributed by atoms with E-state index in [-0.39, 0.29) is 37.5 Å². The third-order valence-corrected chi connectivity index (χ3v) is 13.5. The highest BCUT2D eigenvalue weighted by Crippen LogP contribution is 2.16. The lowest BCUT2D eigenvalue weighted by Gasteiger charge is -2.18. The Bertz CT molecular complexity index is 1540. The molecule has 0 N–H and O–H groups in total.